The maximum absolute atomic E-state index is 11.8. The largest absolute Gasteiger partial charge is 0.374 e. The minimum Gasteiger partial charge on any atom is -0.374 e. The van der Waals surface area contributed by atoms with Crippen LogP contribution in [0.5, 0.6) is 0 Å². The Kier molecular flexibility index (Phi) is 4.90. The zero-order chi connectivity index (χ0) is 12.9. The van der Waals surface area contributed by atoms with Gasteiger partial charge in [0.25, 0.3) is 5.91 Å². The van der Waals surface area contributed by atoms with Gasteiger partial charge in [-0.25, -0.2) is 4.98 Å². The van der Waals surface area contributed by atoms with E-state index >= 15 is 0 Å². The second-order valence-electron chi connectivity index (χ2n) is 4.22. The van der Waals surface area contributed by atoms with Crippen molar-refractivity contribution in [2.45, 2.75) is 26.4 Å². The van der Waals surface area contributed by atoms with Crippen molar-refractivity contribution in [3.8, 4) is 0 Å². The lowest BCUT2D eigenvalue weighted by Crippen LogP contribution is -2.40. The number of aromatic nitrogens is 1. The first kappa shape index (κ1) is 13.9. The number of hydrogen-bond donors (Lipinski definition) is 1. The van der Waals surface area contributed by atoms with E-state index in [9.17, 15) is 4.79 Å². The Balaban J connectivity index is 2.56. The highest BCUT2D eigenvalue weighted by Crippen LogP contribution is 2.08. The number of nitrogens with one attached hydrogen (secondary N) is 1. The maximum atomic E-state index is 11.8. The van der Waals surface area contributed by atoms with E-state index < -0.39 is 0 Å². The van der Waals surface area contributed by atoms with Gasteiger partial charge in [-0.05, 0) is 32.9 Å². The second kappa shape index (κ2) is 5.98. The van der Waals surface area contributed by atoms with Crippen molar-refractivity contribution >= 4 is 17.5 Å². The highest BCUT2D eigenvalue weighted by molar-refractivity contribution is 6.29. The van der Waals surface area contributed by atoms with Crippen LogP contribution in [0.15, 0.2) is 18.2 Å². The molecule has 0 aliphatic heterocycles. The molecule has 0 saturated carbocycles. The number of nitrogens with zero attached hydrogens (tertiary/aromatic N) is 1. The fourth-order valence-electron chi connectivity index (χ4n) is 1.36. The molecule has 0 aliphatic carbocycles. The van der Waals surface area contributed by atoms with Crippen LogP contribution in [0.3, 0.4) is 0 Å². The predicted octanol–water partition coefficient (Wildman–Crippen LogP) is 2.28. The quantitative estimate of drug-likeness (QED) is 0.823. The number of rotatable bonds is 5. The zero-order valence-corrected chi connectivity index (χ0v) is 11.0. The van der Waals surface area contributed by atoms with Crippen LogP contribution in [0.1, 0.15) is 31.3 Å². The molecule has 0 aromatic carbocycles. The first-order chi connectivity index (χ1) is 7.94. The summed E-state index contributed by atoms with van der Waals surface area (Å²) < 4.78 is 5.48. The Morgan fingerprint density at radius 2 is 2.24 bits per heavy atom. The van der Waals surface area contributed by atoms with Crippen molar-refractivity contribution in [1.29, 1.82) is 0 Å². The summed E-state index contributed by atoms with van der Waals surface area (Å²) in [5, 5.41) is 3.07. The smallest absolute Gasteiger partial charge is 0.270 e. The Labute approximate surface area is 106 Å². The fraction of sp³-hybridized carbons (Fsp3) is 0.500. The molecule has 94 valence electrons. The van der Waals surface area contributed by atoms with Crippen molar-refractivity contribution in [2.75, 3.05) is 13.2 Å². The molecule has 0 spiro atoms. The van der Waals surface area contributed by atoms with Crippen molar-refractivity contribution in [3.05, 3.63) is 29.0 Å². The van der Waals surface area contributed by atoms with Gasteiger partial charge in [0.15, 0.2) is 0 Å². The Bertz CT molecular complexity index is 394. The highest BCUT2D eigenvalue weighted by atomic mass is 35.5. The first-order valence-electron chi connectivity index (χ1n) is 5.49. The van der Waals surface area contributed by atoms with Crippen LogP contribution in [0.4, 0.5) is 0 Å². The van der Waals surface area contributed by atoms with Crippen LogP contribution in [-0.2, 0) is 4.74 Å². The van der Waals surface area contributed by atoms with Gasteiger partial charge in [0, 0.05) is 13.2 Å². The molecule has 0 unspecified atom stereocenters. The molecule has 0 saturated heterocycles. The van der Waals surface area contributed by atoms with Gasteiger partial charge in [-0.2, -0.15) is 0 Å². The molecule has 1 heterocycles. The highest BCUT2D eigenvalue weighted by Gasteiger charge is 2.19. The van der Waals surface area contributed by atoms with Gasteiger partial charge in [-0.1, -0.05) is 17.7 Å². The van der Waals surface area contributed by atoms with E-state index in [1.807, 2.05) is 20.8 Å². The molecule has 1 rings (SSSR count). The standard InChI is InChI=1S/C12H17ClN2O2/c1-4-17-12(2,3)8-14-11(16)9-6-5-7-10(13)15-9/h5-7H,4,8H2,1-3H3,(H,14,16). The topological polar surface area (TPSA) is 51.2 Å². The summed E-state index contributed by atoms with van der Waals surface area (Å²) in [5.74, 6) is -0.250. The van der Waals surface area contributed by atoms with Crippen molar-refractivity contribution in [2.24, 2.45) is 0 Å². The third kappa shape index (κ3) is 4.71. The second-order valence-corrected chi connectivity index (χ2v) is 4.61. The molecule has 5 heteroatoms. The average Bonchev–Trinajstić information content (AvgIpc) is 2.26. The molecular formula is C12H17ClN2O2. The zero-order valence-electron chi connectivity index (χ0n) is 10.3. The van der Waals surface area contributed by atoms with E-state index in [1.165, 1.54) is 0 Å². The van der Waals surface area contributed by atoms with Crippen LogP contribution in [0.2, 0.25) is 5.15 Å². The van der Waals surface area contributed by atoms with E-state index in [4.69, 9.17) is 16.3 Å². The van der Waals surface area contributed by atoms with Gasteiger partial charge < -0.3 is 10.1 Å². The molecule has 1 amide bonds. The minimum absolute atomic E-state index is 0.250. The summed E-state index contributed by atoms with van der Waals surface area (Å²) in [7, 11) is 0. The predicted molar refractivity (Wildman–Crippen MR) is 67.3 cm³/mol. The molecule has 17 heavy (non-hydrogen) atoms. The molecule has 0 radical (unpaired) electrons. The number of hydrogen-bond acceptors (Lipinski definition) is 3. The molecule has 0 fully saturated rings. The van der Waals surface area contributed by atoms with E-state index in [-0.39, 0.29) is 11.5 Å². The van der Waals surface area contributed by atoms with E-state index in [0.29, 0.717) is 24.0 Å². The normalized spacial score (nSPS) is 11.3. The molecular weight excluding hydrogens is 240 g/mol. The lowest BCUT2D eigenvalue weighted by Gasteiger charge is -2.24. The SMILES string of the molecule is CCOC(C)(C)CNC(=O)c1cccc(Cl)n1. The van der Waals surface area contributed by atoms with Gasteiger partial charge in [-0.15, -0.1) is 0 Å². The van der Waals surface area contributed by atoms with E-state index in [2.05, 4.69) is 10.3 Å². The number of pyridine rings is 1. The van der Waals surface area contributed by atoms with Crippen molar-refractivity contribution in [3.63, 3.8) is 0 Å². The summed E-state index contributed by atoms with van der Waals surface area (Å²) in [6, 6.07) is 4.94. The van der Waals surface area contributed by atoms with Crippen molar-refractivity contribution in [1.82, 2.24) is 10.3 Å². The summed E-state index contributed by atoms with van der Waals surface area (Å²) in [4.78, 5) is 15.7. The first-order valence-corrected chi connectivity index (χ1v) is 5.87. The summed E-state index contributed by atoms with van der Waals surface area (Å²) in [5.41, 5.74) is -0.0759. The number of amides is 1. The van der Waals surface area contributed by atoms with Crippen LogP contribution in [-0.4, -0.2) is 29.6 Å². The molecule has 1 aromatic rings. The average molecular weight is 257 g/mol. The lowest BCUT2D eigenvalue weighted by molar-refractivity contribution is -0.00818. The summed E-state index contributed by atoms with van der Waals surface area (Å²) in [6.07, 6.45) is 0. The Morgan fingerprint density at radius 1 is 1.53 bits per heavy atom. The summed E-state index contributed by atoms with van der Waals surface area (Å²) in [6.45, 7) is 6.79. The van der Waals surface area contributed by atoms with Gasteiger partial charge in [-0.3, -0.25) is 4.79 Å². The van der Waals surface area contributed by atoms with E-state index in [0.717, 1.165) is 0 Å². The molecule has 1 N–H and O–H groups in total. The van der Waals surface area contributed by atoms with Gasteiger partial charge in [0.05, 0.1) is 5.60 Å². The molecule has 0 atom stereocenters. The Morgan fingerprint density at radius 3 is 2.82 bits per heavy atom. The number of halogens is 1. The molecule has 1 aromatic heterocycles. The number of carbonyl (C=O) groups excluding carboxylic acids is 1. The fourth-order valence-corrected chi connectivity index (χ4v) is 1.52. The minimum atomic E-state index is -0.386. The van der Waals surface area contributed by atoms with Crippen LogP contribution in [0, 0.1) is 0 Å². The third-order valence-corrected chi connectivity index (χ3v) is 2.37. The summed E-state index contributed by atoms with van der Waals surface area (Å²) >= 11 is 5.71. The lowest BCUT2D eigenvalue weighted by atomic mass is 10.1. The monoisotopic (exact) mass is 256 g/mol. The maximum Gasteiger partial charge on any atom is 0.270 e. The van der Waals surface area contributed by atoms with Crippen LogP contribution >= 0.6 is 11.6 Å². The van der Waals surface area contributed by atoms with E-state index in [1.54, 1.807) is 18.2 Å². The third-order valence-electron chi connectivity index (χ3n) is 2.16. The number of carbonyl (C=O) groups is 1. The molecule has 0 bridgehead atoms. The van der Waals surface area contributed by atoms with Crippen molar-refractivity contribution < 1.29 is 9.53 Å². The van der Waals surface area contributed by atoms with Gasteiger partial charge in [0.2, 0.25) is 0 Å². The molecule has 0 aliphatic rings. The van der Waals surface area contributed by atoms with Crippen LogP contribution < -0.4 is 5.32 Å². The van der Waals surface area contributed by atoms with Gasteiger partial charge >= 0.3 is 0 Å². The number of ether oxygens (including phenoxy) is 1. The van der Waals surface area contributed by atoms with Gasteiger partial charge in [0.1, 0.15) is 10.8 Å². The van der Waals surface area contributed by atoms with Crippen LogP contribution in [0.25, 0.3) is 0 Å². The molecule has 4 nitrogen and oxygen atoms in total. The Hall–Kier alpha value is -1.13.